The van der Waals surface area contributed by atoms with E-state index < -0.39 is 0 Å². The Bertz CT molecular complexity index is 428. The summed E-state index contributed by atoms with van der Waals surface area (Å²) in [5.41, 5.74) is 4.84. The van der Waals surface area contributed by atoms with E-state index in [4.69, 9.17) is 0 Å². The fraction of sp³-hybridized carbons (Fsp3) is 0.667. The third-order valence-electron chi connectivity index (χ3n) is 5.12. The summed E-state index contributed by atoms with van der Waals surface area (Å²) >= 11 is 0. The lowest BCUT2D eigenvalue weighted by Crippen LogP contribution is -2.21. The Morgan fingerprint density at radius 1 is 0.944 bits per heavy atom. The second-order valence-corrected chi connectivity index (χ2v) is 6.91. The van der Waals surface area contributed by atoms with Gasteiger partial charge in [0, 0.05) is 0 Å². The Hall–Kier alpha value is -0.780. The van der Waals surface area contributed by atoms with Crippen LogP contribution >= 0.6 is 0 Å². The minimum absolute atomic E-state index is 0.823. The molecule has 1 aromatic rings. The van der Waals surface area contributed by atoms with Crippen molar-refractivity contribution in [2.24, 2.45) is 11.8 Å². The molecule has 0 amide bonds. The molecule has 0 N–H and O–H groups in total. The highest BCUT2D eigenvalue weighted by atomic mass is 14.4. The van der Waals surface area contributed by atoms with E-state index in [0.717, 1.165) is 23.7 Å². The summed E-state index contributed by atoms with van der Waals surface area (Å²) in [6.45, 7) is 7.15. The minimum atomic E-state index is 0.823. The maximum Gasteiger partial charge on any atom is -0.0131 e. The average Bonchev–Trinajstić information content (AvgIpc) is 3.16. The molecule has 0 bridgehead atoms. The number of hydrogen-bond acceptors (Lipinski definition) is 0. The monoisotopic (exact) mass is 242 g/mol. The van der Waals surface area contributed by atoms with Crippen LogP contribution in [-0.2, 0) is 0 Å². The number of aryl methyl sites for hydroxylation is 1. The highest BCUT2D eigenvalue weighted by Gasteiger charge is 2.32. The Morgan fingerprint density at radius 2 is 1.72 bits per heavy atom. The average molecular weight is 242 g/mol. The summed E-state index contributed by atoms with van der Waals surface area (Å²) < 4.78 is 0. The Kier molecular flexibility index (Phi) is 3.21. The first-order valence-corrected chi connectivity index (χ1v) is 7.75. The molecule has 0 nitrogen and oxygen atoms in total. The summed E-state index contributed by atoms with van der Waals surface area (Å²) in [5, 5.41) is 0. The summed E-state index contributed by atoms with van der Waals surface area (Å²) in [6, 6.07) is 7.23. The van der Waals surface area contributed by atoms with E-state index in [-0.39, 0.29) is 0 Å². The zero-order valence-electron chi connectivity index (χ0n) is 12.1. The zero-order valence-corrected chi connectivity index (χ0v) is 12.1. The zero-order chi connectivity index (χ0) is 12.7. The highest BCUT2D eigenvalue weighted by Crippen LogP contribution is 2.48. The van der Waals surface area contributed by atoms with Gasteiger partial charge in [-0.1, -0.05) is 44.0 Å². The van der Waals surface area contributed by atoms with Crippen molar-refractivity contribution in [2.45, 2.75) is 64.7 Å². The van der Waals surface area contributed by atoms with Gasteiger partial charge in [-0.25, -0.2) is 0 Å². The molecule has 98 valence electrons. The van der Waals surface area contributed by atoms with Gasteiger partial charge in [-0.15, -0.1) is 0 Å². The number of rotatable bonds is 2. The molecule has 3 rings (SSSR count). The first-order chi connectivity index (χ1) is 8.65. The summed E-state index contributed by atoms with van der Waals surface area (Å²) in [6.07, 6.45) is 7.11. The minimum Gasteiger partial charge on any atom is -0.0625 e. The largest absolute Gasteiger partial charge is 0.0625 e. The maximum absolute atomic E-state index is 2.49. The SMILES string of the molecule is Cc1ccc(C2CC2)c(C2CC(C)CCC2C)c1. The van der Waals surface area contributed by atoms with Gasteiger partial charge in [0.15, 0.2) is 0 Å². The van der Waals surface area contributed by atoms with Crippen LogP contribution in [0.4, 0.5) is 0 Å². The van der Waals surface area contributed by atoms with Crippen LogP contribution in [0.15, 0.2) is 18.2 Å². The van der Waals surface area contributed by atoms with Crippen molar-refractivity contribution in [1.82, 2.24) is 0 Å². The van der Waals surface area contributed by atoms with Gasteiger partial charge >= 0.3 is 0 Å². The molecule has 3 atom stereocenters. The lowest BCUT2D eigenvalue weighted by Gasteiger charge is -2.34. The smallest absolute Gasteiger partial charge is 0.0131 e. The summed E-state index contributed by atoms with van der Waals surface area (Å²) in [7, 11) is 0. The second-order valence-electron chi connectivity index (χ2n) is 6.91. The lowest BCUT2D eigenvalue weighted by molar-refractivity contribution is 0.263. The molecule has 18 heavy (non-hydrogen) atoms. The van der Waals surface area contributed by atoms with Crippen LogP contribution in [0.1, 0.15) is 74.5 Å². The molecule has 0 aromatic heterocycles. The van der Waals surface area contributed by atoms with E-state index in [2.05, 4.69) is 39.0 Å². The quantitative estimate of drug-likeness (QED) is 0.650. The van der Waals surface area contributed by atoms with E-state index in [9.17, 15) is 0 Å². The predicted octanol–water partition coefficient (Wildman–Crippen LogP) is 5.41. The fourth-order valence-electron chi connectivity index (χ4n) is 3.75. The van der Waals surface area contributed by atoms with Gasteiger partial charge in [0.05, 0.1) is 0 Å². The fourth-order valence-corrected chi connectivity index (χ4v) is 3.75. The highest BCUT2D eigenvalue weighted by molar-refractivity contribution is 5.39. The van der Waals surface area contributed by atoms with Crippen molar-refractivity contribution in [3.05, 3.63) is 34.9 Å². The molecule has 0 saturated heterocycles. The van der Waals surface area contributed by atoms with Crippen LogP contribution < -0.4 is 0 Å². The molecule has 3 unspecified atom stereocenters. The maximum atomic E-state index is 2.49. The first kappa shape index (κ1) is 12.3. The van der Waals surface area contributed by atoms with Crippen molar-refractivity contribution in [1.29, 1.82) is 0 Å². The van der Waals surface area contributed by atoms with Crippen LogP contribution in [0.2, 0.25) is 0 Å². The van der Waals surface area contributed by atoms with Gasteiger partial charge in [-0.05, 0) is 67.4 Å². The van der Waals surface area contributed by atoms with Crippen LogP contribution in [-0.4, -0.2) is 0 Å². The van der Waals surface area contributed by atoms with Crippen LogP contribution in [0, 0.1) is 18.8 Å². The van der Waals surface area contributed by atoms with Crippen LogP contribution in [0.5, 0.6) is 0 Å². The molecule has 2 aliphatic carbocycles. The molecule has 2 aliphatic rings. The van der Waals surface area contributed by atoms with Gasteiger partial charge < -0.3 is 0 Å². The summed E-state index contributed by atoms with van der Waals surface area (Å²) in [4.78, 5) is 0. The standard InChI is InChI=1S/C18H26/c1-12-4-6-14(3)17(10-12)18-11-13(2)5-9-16(18)15-7-8-15/h5,9,11-12,14-15,17H,4,6-8,10H2,1-3H3. The molecular formula is C18H26. The van der Waals surface area contributed by atoms with Crippen molar-refractivity contribution in [3.63, 3.8) is 0 Å². The van der Waals surface area contributed by atoms with Crippen molar-refractivity contribution in [2.75, 3.05) is 0 Å². The van der Waals surface area contributed by atoms with Gasteiger partial charge in [0.2, 0.25) is 0 Å². The Balaban J connectivity index is 1.95. The molecule has 0 heteroatoms. The van der Waals surface area contributed by atoms with Crippen molar-refractivity contribution in [3.8, 4) is 0 Å². The predicted molar refractivity (Wildman–Crippen MR) is 78.1 cm³/mol. The van der Waals surface area contributed by atoms with Crippen molar-refractivity contribution >= 4 is 0 Å². The summed E-state index contributed by atoms with van der Waals surface area (Å²) in [5.74, 6) is 3.51. The van der Waals surface area contributed by atoms with E-state index >= 15 is 0 Å². The topological polar surface area (TPSA) is 0 Å². The van der Waals surface area contributed by atoms with E-state index in [1.807, 2.05) is 0 Å². The Morgan fingerprint density at radius 3 is 2.44 bits per heavy atom. The third-order valence-corrected chi connectivity index (χ3v) is 5.12. The van der Waals surface area contributed by atoms with E-state index in [0.29, 0.717) is 0 Å². The molecule has 1 aromatic carbocycles. The van der Waals surface area contributed by atoms with Crippen LogP contribution in [0.25, 0.3) is 0 Å². The number of benzene rings is 1. The van der Waals surface area contributed by atoms with E-state index in [1.165, 1.54) is 37.7 Å². The first-order valence-electron chi connectivity index (χ1n) is 7.75. The normalized spacial score (nSPS) is 32.5. The van der Waals surface area contributed by atoms with Gasteiger partial charge in [0.25, 0.3) is 0 Å². The molecule has 2 saturated carbocycles. The molecule has 0 radical (unpaired) electrons. The number of hydrogen-bond donors (Lipinski definition) is 0. The third kappa shape index (κ3) is 2.35. The molecule has 0 heterocycles. The second kappa shape index (κ2) is 4.72. The molecule has 2 fully saturated rings. The van der Waals surface area contributed by atoms with Gasteiger partial charge in [0.1, 0.15) is 0 Å². The van der Waals surface area contributed by atoms with E-state index in [1.54, 1.807) is 11.1 Å². The Labute approximate surface area is 112 Å². The molecular weight excluding hydrogens is 216 g/mol. The van der Waals surface area contributed by atoms with Crippen LogP contribution in [0.3, 0.4) is 0 Å². The van der Waals surface area contributed by atoms with Gasteiger partial charge in [-0.3, -0.25) is 0 Å². The molecule has 0 spiro atoms. The lowest BCUT2D eigenvalue weighted by atomic mass is 9.71. The molecule has 0 aliphatic heterocycles. The van der Waals surface area contributed by atoms with Crippen molar-refractivity contribution < 1.29 is 0 Å². The van der Waals surface area contributed by atoms with Gasteiger partial charge in [-0.2, -0.15) is 0 Å².